The van der Waals surface area contributed by atoms with Crippen LogP contribution in [0.15, 0.2) is 54.7 Å². The van der Waals surface area contributed by atoms with Crippen molar-refractivity contribution < 1.29 is 9.59 Å². The maximum absolute atomic E-state index is 14.3. The Kier molecular flexibility index (Phi) is 5.71. The average Bonchev–Trinajstić information content (AvgIpc) is 3.45. The molecular formula is C27H32N6O2. The molecule has 2 atom stereocenters. The van der Waals surface area contributed by atoms with Crippen molar-refractivity contribution in [1.82, 2.24) is 24.8 Å². The van der Waals surface area contributed by atoms with E-state index in [2.05, 4.69) is 24.2 Å². The topological polar surface area (TPSA) is 74.6 Å². The number of aromatic nitrogens is 3. The molecule has 182 valence electrons. The number of nitrogens with zero attached hydrogens (tertiary/aromatic N) is 6. The first-order valence-electron chi connectivity index (χ1n) is 12.1. The smallest absolute Gasteiger partial charge is 0.240 e. The molecule has 0 bridgehead atoms. The lowest BCUT2D eigenvalue weighted by Gasteiger charge is -2.33. The first-order chi connectivity index (χ1) is 16.7. The van der Waals surface area contributed by atoms with Crippen LogP contribution in [0.5, 0.6) is 0 Å². The normalized spacial score (nSPS) is 21.7. The van der Waals surface area contributed by atoms with Crippen LogP contribution in [0, 0.1) is 5.92 Å². The van der Waals surface area contributed by atoms with E-state index >= 15 is 0 Å². The maximum Gasteiger partial charge on any atom is 0.240 e. The molecule has 0 aliphatic carbocycles. The number of benzene rings is 2. The molecule has 1 saturated heterocycles. The van der Waals surface area contributed by atoms with Crippen LogP contribution in [-0.2, 0) is 21.5 Å². The molecule has 0 saturated carbocycles. The summed E-state index contributed by atoms with van der Waals surface area (Å²) in [6.07, 6.45) is 2.06. The van der Waals surface area contributed by atoms with Gasteiger partial charge in [0.2, 0.25) is 11.8 Å². The molecule has 1 fully saturated rings. The van der Waals surface area contributed by atoms with Gasteiger partial charge in [0.1, 0.15) is 5.41 Å². The van der Waals surface area contributed by atoms with Gasteiger partial charge in [-0.25, -0.2) is 4.68 Å². The molecule has 3 aromatic rings. The van der Waals surface area contributed by atoms with Crippen LogP contribution in [0.2, 0.25) is 0 Å². The highest BCUT2D eigenvalue weighted by atomic mass is 16.2. The van der Waals surface area contributed by atoms with Crippen LogP contribution in [0.3, 0.4) is 0 Å². The summed E-state index contributed by atoms with van der Waals surface area (Å²) < 4.78 is 1.75. The molecule has 2 aromatic carbocycles. The third kappa shape index (κ3) is 3.72. The van der Waals surface area contributed by atoms with Gasteiger partial charge >= 0.3 is 0 Å². The fourth-order valence-electron chi connectivity index (χ4n) is 5.61. The highest BCUT2D eigenvalue weighted by Gasteiger charge is 2.62. The predicted octanol–water partition coefficient (Wildman–Crippen LogP) is 3.17. The molecule has 3 heterocycles. The van der Waals surface area contributed by atoms with E-state index in [9.17, 15) is 9.59 Å². The van der Waals surface area contributed by atoms with Crippen LogP contribution in [-0.4, -0.2) is 64.3 Å². The molecule has 2 amide bonds. The Balaban J connectivity index is 1.68. The minimum absolute atomic E-state index is 0.00297. The monoisotopic (exact) mass is 472 g/mol. The highest BCUT2D eigenvalue weighted by Crippen LogP contribution is 2.57. The molecule has 8 heteroatoms. The summed E-state index contributed by atoms with van der Waals surface area (Å²) >= 11 is 0. The number of rotatable bonds is 6. The number of likely N-dealkylation sites (tertiary alicyclic amines) is 1. The maximum atomic E-state index is 14.3. The molecule has 2 aliphatic heterocycles. The van der Waals surface area contributed by atoms with Crippen molar-refractivity contribution >= 4 is 17.5 Å². The van der Waals surface area contributed by atoms with Gasteiger partial charge in [-0.1, -0.05) is 49.4 Å². The first-order valence-corrected chi connectivity index (χ1v) is 12.1. The Labute approximate surface area is 206 Å². The minimum atomic E-state index is -0.986. The molecule has 1 unspecified atom stereocenters. The molecule has 2 aliphatic rings. The summed E-state index contributed by atoms with van der Waals surface area (Å²) in [7, 11) is 5.79. The lowest BCUT2D eigenvalue weighted by molar-refractivity contribution is -0.128. The standard InChI is InChI=1S/C27H32N6O2/c1-18(2)15-32-23-12-11-21(33-17-20(28-29-33)16-30(3)4)13-22(23)27(26(32)35)14-24(34)31(5)25(27)19-9-7-6-8-10-19/h6-13,17-18,25H,14-16H2,1-5H3/t25?,27-/m0/s1. The van der Waals surface area contributed by atoms with Crippen molar-refractivity contribution in [3.63, 3.8) is 0 Å². The number of fused-ring (bicyclic) bond motifs is 2. The molecule has 1 aromatic heterocycles. The van der Waals surface area contributed by atoms with E-state index in [0.29, 0.717) is 13.1 Å². The fraction of sp³-hybridized carbons (Fsp3) is 0.407. The number of hydrogen-bond donors (Lipinski definition) is 0. The van der Waals surface area contributed by atoms with Gasteiger partial charge in [0.25, 0.3) is 0 Å². The SMILES string of the molecule is CC(C)CN1C(=O)[C@@]2(CC(=O)N(C)C2c2ccccc2)c2cc(-n3cc(CN(C)C)nn3)ccc21. The van der Waals surface area contributed by atoms with E-state index in [-0.39, 0.29) is 30.2 Å². The van der Waals surface area contributed by atoms with Crippen molar-refractivity contribution in [3.05, 3.63) is 71.5 Å². The van der Waals surface area contributed by atoms with E-state index in [4.69, 9.17) is 0 Å². The Hall–Kier alpha value is -3.52. The lowest BCUT2D eigenvalue weighted by Crippen LogP contribution is -2.45. The highest BCUT2D eigenvalue weighted by molar-refractivity contribution is 6.12. The zero-order valence-corrected chi connectivity index (χ0v) is 21.0. The second kappa shape index (κ2) is 8.61. The van der Waals surface area contributed by atoms with Gasteiger partial charge in [0.15, 0.2) is 0 Å². The van der Waals surface area contributed by atoms with E-state index in [1.165, 1.54) is 0 Å². The Morgan fingerprint density at radius 2 is 1.86 bits per heavy atom. The third-order valence-corrected chi connectivity index (χ3v) is 7.00. The molecule has 5 rings (SSSR count). The molecular weight excluding hydrogens is 440 g/mol. The van der Waals surface area contributed by atoms with Crippen molar-refractivity contribution in [1.29, 1.82) is 0 Å². The van der Waals surface area contributed by atoms with E-state index in [1.54, 1.807) is 9.58 Å². The predicted molar refractivity (Wildman–Crippen MR) is 134 cm³/mol. The summed E-state index contributed by atoms with van der Waals surface area (Å²) in [5, 5.41) is 8.64. The van der Waals surface area contributed by atoms with Gasteiger partial charge in [-0.3, -0.25) is 9.59 Å². The number of carbonyl (C=O) groups excluding carboxylic acids is 2. The summed E-state index contributed by atoms with van der Waals surface area (Å²) in [5.41, 5.74) is 3.43. The van der Waals surface area contributed by atoms with Gasteiger partial charge in [0.05, 0.1) is 23.6 Å². The summed E-state index contributed by atoms with van der Waals surface area (Å²) in [6.45, 7) is 5.50. The van der Waals surface area contributed by atoms with E-state index in [0.717, 1.165) is 28.2 Å². The Morgan fingerprint density at radius 1 is 1.11 bits per heavy atom. The van der Waals surface area contributed by atoms with Crippen molar-refractivity contribution in [3.8, 4) is 5.69 Å². The molecule has 8 nitrogen and oxygen atoms in total. The van der Waals surface area contributed by atoms with Gasteiger partial charge in [-0.05, 0) is 49.3 Å². The van der Waals surface area contributed by atoms with Gasteiger partial charge in [0, 0.05) is 32.2 Å². The lowest BCUT2D eigenvalue weighted by atomic mass is 9.72. The first kappa shape index (κ1) is 23.2. The van der Waals surface area contributed by atoms with Crippen LogP contribution in [0.4, 0.5) is 5.69 Å². The van der Waals surface area contributed by atoms with E-state index in [1.807, 2.05) is 85.7 Å². The molecule has 35 heavy (non-hydrogen) atoms. The number of amides is 2. The molecule has 0 N–H and O–H groups in total. The van der Waals surface area contributed by atoms with Gasteiger partial charge < -0.3 is 14.7 Å². The number of anilines is 1. The zero-order chi connectivity index (χ0) is 24.9. The third-order valence-electron chi connectivity index (χ3n) is 7.00. The molecule has 0 radical (unpaired) electrons. The largest absolute Gasteiger partial charge is 0.337 e. The Morgan fingerprint density at radius 3 is 2.54 bits per heavy atom. The fourth-order valence-corrected chi connectivity index (χ4v) is 5.61. The minimum Gasteiger partial charge on any atom is -0.337 e. The second-order valence-electron chi connectivity index (χ2n) is 10.4. The van der Waals surface area contributed by atoms with Crippen LogP contribution in [0.1, 0.15) is 43.1 Å². The van der Waals surface area contributed by atoms with Crippen LogP contribution in [0.25, 0.3) is 5.69 Å². The zero-order valence-electron chi connectivity index (χ0n) is 21.0. The molecule has 1 spiro atoms. The van der Waals surface area contributed by atoms with Crippen LogP contribution >= 0.6 is 0 Å². The summed E-state index contributed by atoms with van der Waals surface area (Å²) in [4.78, 5) is 33.1. The average molecular weight is 473 g/mol. The van der Waals surface area contributed by atoms with Crippen molar-refractivity contribution in [2.45, 2.75) is 38.3 Å². The Bertz CT molecular complexity index is 1270. The quantitative estimate of drug-likeness (QED) is 0.551. The number of likely N-dealkylation sites (N-methyl/N-ethyl adjacent to an activating group) is 1. The number of carbonyl (C=O) groups is 2. The summed E-state index contributed by atoms with van der Waals surface area (Å²) in [6, 6.07) is 15.5. The second-order valence-corrected chi connectivity index (χ2v) is 10.4. The van der Waals surface area contributed by atoms with Crippen molar-refractivity contribution in [2.24, 2.45) is 5.92 Å². The summed E-state index contributed by atoms with van der Waals surface area (Å²) in [5.74, 6) is 0.260. The van der Waals surface area contributed by atoms with E-state index < -0.39 is 5.41 Å². The number of hydrogen-bond acceptors (Lipinski definition) is 5. The van der Waals surface area contributed by atoms with Crippen molar-refractivity contribution in [2.75, 3.05) is 32.6 Å². The van der Waals surface area contributed by atoms with Crippen LogP contribution < -0.4 is 4.90 Å². The van der Waals surface area contributed by atoms with Gasteiger partial charge in [-0.2, -0.15) is 0 Å². The van der Waals surface area contributed by atoms with Gasteiger partial charge in [-0.15, -0.1) is 5.10 Å².